The molecule has 1 atom stereocenters. The number of cyclic esters (lactones) is 1. The van der Waals surface area contributed by atoms with Crippen LogP contribution in [0.2, 0.25) is 0 Å². The third-order valence-electron chi connectivity index (χ3n) is 3.94. The molecular formula is C19H14N2O3. The lowest BCUT2D eigenvalue weighted by Crippen LogP contribution is -2.06. The molecule has 0 unspecified atom stereocenters. The number of hydrogen-bond acceptors (Lipinski definition) is 5. The van der Waals surface area contributed by atoms with Crippen LogP contribution in [0.1, 0.15) is 17.0 Å². The highest BCUT2D eigenvalue weighted by Gasteiger charge is 2.27. The van der Waals surface area contributed by atoms with Gasteiger partial charge in [-0.25, -0.2) is 9.79 Å². The summed E-state index contributed by atoms with van der Waals surface area (Å²) in [6.07, 6.45) is 3.59. The van der Waals surface area contributed by atoms with Crippen LogP contribution in [-0.2, 0) is 9.53 Å². The van der Waals surface area contributed by atoms with Crippen LogP contribution in [0.4, 0.5) is 5.69 Å². The molecule has 24 heavy (non-hydrogen) atoms. The highest BCUT2D eigenvalue weighted by Crippen LogP contribution is 2.34. The fourth-order valence-corrected chi connectivity index (χ4v) is 2.73. The van der Waals surface area contributed by atoms with E-state index in [0.29, 0.717) is 17.0 Å². The lowest BCUT2D eigenvalue weighted by atomic mass is 10.00. The third kappa shape index (κ3) is 2.50. The van der Waals surface area contributed by atoms with Gasteiger partial charge in [-0.1, -0.05) is 24.3 Å². The number of aliphatic imine (C=N–C) groups is 2. The zero-order chi connectivity index (χ0) is 16.5. The van der Waals surface area contributed by atoms with Gasteiger partial charge < -0.3 is 9.47 Å². The van der Waals surface area contributed by atoms with Crippen molar-refractivity contribution in [3.05, 3.63) is 71.4 Å². The lowest BCUT2D eigenvalue weighted by Gasteiger charge is -2.03. The molecule has 0 radical (unpaired) electrons. The maximum atomic E-state index is 12.1. The SMILES string of the molecule is COc1cccc(C2=NC(=C[C@H]3C=Nc4ccccc43)C(=O)O2)c1. The number of benzene rings is 2. The van der Waals surface area contributed by atoms with Crippen molar-refractivity contribution in [3.63, 3.8) is 0 Å². The van der Waals surface area contributed by atoms with Gasteiger partial charge in [-0.05, 0) is 35.9 Å². The maximum absolute atomic E-state index is 12.1. The third-order valence-corrected chi connectivity index (χ3v) is 3.94. The van der Waals surface area contributed by atoms with Gasteiger partial charge in [0, 0.05) is 17.7 Å². The van der Waals surface area contributed by atoms with Crippen LogP contribution in [0.5, 0.6) is 5.75 Å². The fraction of sp³-hybridized carbons (Fsp3) is 0.105. The number of carbonyl (C=O) groups excluding carboxylic acids is 1. The Balaban J connectivity index is 1.66. The van der Waals surface area contributed by atoms with Crippen molar-refractivity contribution < 1.29 is 14.3 Å². The summed E-state index contributed by atoms with van der Waals surface area (Å²) in [5.41, 5.74) is 2.97. The molecule has 0 bridgehead atoms. The number of methoxy groups -OCH3 is 1. The quantitative estimate of drug-likeness (QED) is 0.644. The molecule has 118 valence electrons. The van der Waals surface area contributed by atoms with Crippen LogP contribution >= 0.6 is 0 Å². The summed E-state index contributed by atoms with van der Waals surface area (Å²) < 4.78 is 10.5. The molecule has 0 saturated heterocycles. The van der Waals surface area contributed by atoms with Crippen molar-refractivity contribution in [2.75, 3.05) is 7.11 Å². The number of carbonyl (C=O) groups is 1. The average molecular weight is 318 g/mol. The number of hydrogen-bond donors (Lipinski definition) is 0. The second-order valence-electron chi connectivity index (χ2n) is 5.45. The van der Waals surface area contributed by atoms with E-state index in [2.05, 4.69) is 9.98 Å². The van der Waals surface area contributed by atoms with Gasteiger partial charge in [0.2, 0.25) is 5.90 Å². The van der Waals surface area contributed by atoms with Crippen molar-refractivity contribution in [3.8, 4) is 5.75 Å². The molecule has 2 aromatic rings. The first-order valence-corrected chi connectivity index (χ1v) is 7.55. The molecule has 5 heteroatoms. The average Bonchev–Trinajstić information content (AvgIpc) is 3.20. The van der Waals surface area contributed by atoms with Crippen LogP contribution in [0.15, 0.2) is 70.3 Å². The molecule has 0 amide bonds. The number of esters is 1. The zero-order valence-corrected chi connectivity index (χ0v) is 13.0. The van der Waals surface area contributed by atoms with E-state index in [-0.39, 0.29) is 11.8 Å². The summed E-state index contributed by atoms with van der Waals surface area (Å²) in [5, 5.41) is 0. The molecule has 0 spiro atoms. The zero-order valence-electron chi connectivity index (χ0n) is 13.0. The van der Waals surface area contributed by atoms with Crippen LogP contribution in [0.3, 0.4) is 0 Å². The van der Waals surface area contributed by atoms with Crippen molar-refractivity contribution in [2.24, 2.45) is 9.98 Å². The Hall–Kier alpha value is -3.21. The molecule has 2 heterocycles. The molecule has 0 fully saturated rings. The smallest absolute Gasteiger partial charge is 0.363 e. The number of nitrogens with zero attached hydrogens (tertiary/aromatic N) is 2. The Morgan fingerprint density at radius 3 is 2.92 bits per heavy atom. The lowest BCUT2D eigenvalue weighted by molar-refractivity contribution is -0.130. The predicted molar refractivity (Wildman–Crippen MR) is 91.0 cm³/mol. The van der Waals surface area contributed by atoms with E-state index in [4.69, 9.17) is 9.47 Å². The van der Waals surface area contributed by atoms with E-state index < -0.39 is 5.97 Å². The predicted octanol–water partition coefficient (Wildman–Crippen LogP) is 3.38. The van der Waals surface area contributed by atoms with Gasteiger partial charge in [0.05, 0.1) is 12.8 Å². The monoisotopic (exact) mass is 318 g/mol. The molecule has 2 aliphatic rings. The highest BCUT2D eigenvalue weighted by atomic mass is 16.6. The summed E-state index contributed by atoms with van der Waals surface area (Å²) in [5.74, 6) is 0.441. The van der Waals surface area contributed by atoms with Crippen LogP contribution in [0.25, 0.3) is 0 Å². The first-order chi connectivity index (χ1) is 11.7. The van der Waals surface area contributed by atoms with E-state index in [1.165, 1.54) is 0 Å². The van der Waals surface area contributed by atoms with Crippen molar-refractivity contribution in [1.82, 2.24) is 0 Å². The largest absolute Gasteiger partial charge is 0.497 e. The van der Waals surface area contributed by atoms with Crippen molar-refractivity contribution in [2.45, 2.75) is 5.92 Å². The Morgan fingerprint density at radius 2 is 2.04 bits per heavy atom. The molecular weight excluding hydrogens is 304 g/mol. The van der Waals surface area contributed by atoms with E-state index in [9.17, 15) is 4.79 Å². The van der Waals surface area contributed by atoms with Crippen LogP contribution in [0, 0.1) is 0 Å². The van der Waals surface area contributed by atoms with Crippen molar-refractivity contribution >= 4 is 23.8 Å². The second-order valence-corrected chi connectivity index (χ2v) is 5.45. The van der Waals surface area contributed by atoms with Gasteiger partial charge in [-0.2, -0.15) is 0 Å². The highest BCUT2D eigenvalue weighted by molar-refractivity contribution is 6.11. The van der Waals surface area contributed by atoms with Gasteiger partial charge in [0.25, 0.3) is 0 Å². The van der Waals surface area contributed by atoms with Gasteiger partial charge in [0.15, 0.2) is 0 Å². The van der Waals surface area contributed by atoms with Gasteiger partial charge >= 0.3 is 5.97 Å². The van der Waals surface area contributed by atoms with E-state index in [1.54, 1.807) is 19.3 Å². The summed E-state index contributed by atoms with van der Waals surface area (Å²) in [6, 6.07) is 15.1. The summed E-state index contributed by atoms with van der Waals surface area (Å²) in [6.45, 7) is 0. The summed E-state index contributed by atoms with van der Waals surface area (Å²) in [7, 11) is 1.59. The number of allylic oxidation sites excluding steroid dienone is 1. The molecule has 4 rings (SSSR count). The molecule has 2 aliphatic heterocycles. The van der Waals surface area contributed by atoms with Gasteiger partial charge in [0.1, 0.15) is 11.4 Å². The van der Waals surface area contributed by atoms with Crippen LogP contribution < -0.4 is 4.74 Å². The Kier molecular flexibility index (Phi) is 3.46. The minimum Gasteiger partial charge on any atom is -0.497 e. The molecule has 5 nitrogen and oxygen atoms in total. The second kappa shape index (κ2) is 5.77. The standard InChI is InChI=1S/C19H14N2O3/c1-23-14-6-4-5-12(9-14)18-21-17(19(22)24-18)10-13-11-20-16-8-3-2-7-15(13)16/h2-11,13H,1H3/t13-/m0/s1. The first-order valence-electron chi connectivity index (χ1n) is 7.55. The Morgan fingerprint density at radius 1 is 1.17 bits per heavy atom. The minimum atomic E-state index is -0.453. The number of ether oxygens (including phenoxy) is 2. The Labute approximate surface area is 139 Å². The molecule has 0 N–H and O–H groups in total. The van der Waals surface area contributed by atoms with E-state index >= 15 is 0 Å². The summed E-state index contributed by atoms with van der Waals surface area (Å²) in [4.78, 5) is 20.8. The fourth-order valence-electron chi connectivity index (χ4n) is 2.73. The van der Waals surface area contributed by atoms with Crippen molar-refractivity contribution in [1.29, 1.82) is 0 Å². The normalized spacial score (nSPS) is 20.0. The van der Waals surface area contributed by atoms with Gasteiger partial charge in [-0.15, -0.1) is 0 Å². The van der Waals surface area contributed by atoms with Gasteiger partial charge in [-0.3, -0.25) is 4.99 Å². The molecule has 0 saturated carbocycles. The summed E-state index contributed by atoms with van der Waals surface area (Å²) >= 11 is 0. The minimum absolute atomic E-state index is 0.0721. The van der Waals surface area contributed by atoms with Crippen LogP contribution in [-0.4, -0.2) is 25.2 Å². The molecule has 2 aromatic carbocycles. The molecule has 0 aliphatic carbocycles. The van der Waals surface area contributed by atoms with E-state index in [1.807, 2.05) is 48.7 Å². The first kappa shape index (κ1) is 14.4. The molecule has 0 aromatic heterocycles. The Bertz CT molecular complexity index is 912. The van der Waals surface area contributed by atoms with E-state index in [0.717, 1.165) is 11.3 Å². The maximum Gasteiger partial charge on any atom is 0.363 e. The topological polar surface area (TPSA) is 60.2 Å². The number of para-hydroxylation sites is 1. The number of rotatable bonds is 3. The number of fused-ring (bicyclic) bond motifs is 1.